The highest BCUT2D eigenvalue weighted by molar-refractivity contribution is 4.81. The molecule has 1 fully saturated rings. The number of nitrogens with zero attached hydrogens (tertiary/aromatic N) is 2. The van der Waals surface area contributed by atoms with E-state index in [4.69, 9.17) is 0 Å². The van der Waals surface area contributed by atoms with E-state index in [-0.39, 0.29) is 0 Å². The first-order valence-corrected chi connectivity index (χ1v) is 4.16. The quantitative estimate of drug-likeness (QED) is 0.672. The van der Waals surface area contributed by atoms with Crippen LogP contribution in [0.25, 0.3) is 0 Å². The summed E-state index contributed by atoms with van der Waals surface area (Å²) in [5.74, 6) is 0. The molecule has 1 aromatic heterocycles. The fourth-order valence-electron chi connectivity index (χ4n) is 1.55. The maximum Gasteiger partial charge on any atom is 0.0562 e. The molecule has 11 heavy (non-hydrogen) atoms. The molecule has 2 heterocycles. The predicted octanol–water partition coefficient (Wildman–Crippen LogP) is 0.635. The second-order valence-corrected chi connectivity index (χ2v) is 3.02. The van der Waals surface area contributed by atoms with Gasteiger partial charge in [0.1, 0.15) is 0 Å². The van der Waals surface area contributed by atoms with E-state index in [1.165, 1.54) is 19.4 Å². The molecule has 1 aliphatic rings. The molecule has 0 aromatic carbocycles. The maximum absolute atomic E-state index is 4.16. The minimum atomic E-state index is 0.648. The van der Waals surface area contributed by atoms with Crippen molar-refractivity contribution >= 4 is 0 Å². The summed E-state index contributed by atoms with van der Waals surface area (Å²) in [4.78, 5) is 0. The molecular weight excluding hydrogens is 138 g/mol. The van der Waals surface area contributed by atoms with Crippen LogP contribution in [0, 0.1) is 0 Å². The third kappa shape index (κ3) is 1.60. The molecule has 1 N–H and O–H groups in total. The maximum atomic E-state index is 4.16. The molecule has 1 atom stereocenters. The van der Waals surface area contributed by atoms with Gasteiger partial charge < -0.3 is 5.32 Å². The average Bonchev–Trinajstić information content (AvgIpc) is 2.60. The van der Waals surface area contributed by atoms with Crippen LogP contribution >= 0.6 is 0 Å². The normalized spacial score (nSPS) is 24.2. The summed E-state index contributed by atoms with van der Waals surface area (Å²) in [5, 5.41) is 7.59. The van der Waals surface area contributed by atoms with Gasteiger partial charge >= 0.3 is 0 Å². The van der Waals surface area contributed by atoms with Crippen molar-refractivity contribution in [2.45, 2.75) is 25.4 Å². The molecule has 1 aliphatic heterocycles. The Bertz CT molecular complexity index is 199. The minimum absolute atomic E-state index is 0.648. The number of rotatable bonds is 2. The van der Waals surface area contributed by atoms with Crippen LogP contribution in [-0.4, -0.2) is 22.4 Å². The van der Waals surface area contributed by atoms with Gasteiger partial charge in [0.25, 0.3) is 0 Å². The molecule has 2 rings (SSSR count). The van der Waals surface area contributed by atoms with Gasteiger partial charge in [-0.05, 0) is 25.5 Å². The lowest BCUT2D eigenvalue weighted by atomic mass is 10.2. The van der Waals surface area contributed by atoms with Crippen LogP contribution in [0.1, 0.15) is 12.8 Å². The van der Waals surface area contributed by atoms with E-state index in [9.17, 15) is 0 Å². The molecule has 0 amide bonds. The Labute approximate surface area is 66.4 Å². The van der Waals surface area contributed by atoms with Gasteiger partial charge in [0, 0.05) is 18.4 Å². The summed E-state index contributed by atoms with van der Waals surface area (Å²) in [5.41, 5.74) is 0. The fourth-order valence-corrected chi connectivity index (χ4v) is 1.55. The Morgan fingerprint density at radius 3 is 3.27 bits per heavy atom. The minimum Gasteiger partial charge on any atom is -0.312 e. The number of nitrogens with one attached hydrogen (secondary N) is 1. The molecule has 1 unspecified atom stereocenters. The van der Waals surface area contributed by atoms with Crippen LogP contribution in [0.4, 0.5) is 0 Å². The Morgan fingerprint density at radius 1 is 1.64 bits per heavy atom. The van der Waals surface area contributed by atoms with Gasteiger partial charge in [-0.25, -0.2) is 0 Å². The van der Waals surface area contributed by atoms with Crippen LogP contribution in [0.3, 0.4) is 0 Å². The van der Waals surface area contributed by atoms with Crippen molar-refractivity contribution in [3.05, 3.63) is 18.5 Å². The second kappa shape index (κ2) is 3.05. The van der Waals surface area contributed by atoms with Crippen LogP contribution in [0.15, 0.2) is 18.5 Å². The first kappa shape index (κ1) is 6.85. The number of hydrogen-bond donors (Lipinski definition) is 1. The second-order valence-electron chi connectivity index (χ2n) is 3.02. The van der Waals surface area contributed by atoms with E-state index in [2.05, 4.69) is 10.4 Å². The Hall–Kier alpha value is -0.830. The van der Waals surface area contributed by atoms with Crippen molar-refractivity contribution in [1.82, 2.24) is 15.1 Å². The zero-order valence-corrected chi connectivity index (χ0v) is 6.53. The highest BCUT2D eigenvalue weighted by atomic mass is 15.3. The summed E-state index contributed by atoms with van der Waals surface area (Å²) >= 11 is 0. The fraction of sp³-hybridized carbons (Fsp3) is 0.625. The molecule has 1 saturated heterocycles. The smallest absolute Gasteiger partial charge is 0.0562 e. The molecule has 1 aromatic rings. The summed E-state index contributed by atoms with van der Waals surface area (Å²) in [7, 11) is 0. The molecular formula is C8H13N3. The highest BCUT2D eigenvalue weighted by Gasteiger charge is 2.13. The molecule has 0 bridgehead atoms. The van der Waals surface area contributed by atoms with Crippen molar-refractivity contribution in [3.63, 3.8) is 0 Å². The van der Waals surface area contributed by atoms with E-state index >= 15 is 0 Å². The first-order valence-electron chi connectivity index (χ1n) is 4.16. The van der Waals surface area contributed by atoms with Crippen molar-refractivity contribution in [2.75, 3.05) is 6.54 Å². The van der Waals surface area contributed by atoms with Crippen LogP contribution in [-0.2, 0) is 6.54 Å². The topological polar surface area (TPSA) is 29.9 Å². The van der Waals surface area contributed by atoms with E-state index < -0.39 is 0 Å². The Kier molecular flexibility index (Phi) is 1.90. The van der Waals surface area contributed by atoms with Crippen LogP contribution in [0.2, 0.25) is 0 Å². The van der Waals surface area contributed by atoms with Gasteiger partial charge in [-0.2, -0.15) is 5.10 Å². The van der Waals surface area contributed by atoms with Gasteiger partial charge in [0.2, 0.25) is 0 Å². The van der Waals surface area contributed by atoms with Crippen molar-refractivity contribution in [1.29, 1.82) is 0 Å². The SMILES string of the molecule is c1cnn(CC2CCCN2)c1. The zero-order valence-electron chi connectivity index (χ0n) is 6.53. The van der Waals surface area contributed by atoms with E-state index in [0.717, 1.165) is 6.54 Å². The van der Waals surface area contributed by atoms with Crippen molar-refractivity contribution < 1.29 is 0 Å². The molecule has 3 nitrogen and oxygen atoms in total. The largest absolute Gasteiger partial charge is 0.312 e. The van der Waals surface area contributed by atoms with Crippen LogP contribution in [0.5, 0.6) is 0 Å². The summed E-state index contributed by atoms with van der Waals surface area (Å²) < 4.78 is 1.99. The Balaban J connectivity index is 1.90. The zero-order chi connectivity index (χ0) is 7.52. The molecule has 0 saturated carbocycles. The monoisotopic (exact) mass is 151 g/mol. The van der Waals surface area contributed by atoms with Crippen LogP contribution < -0.4 is 5.32 Å². The molecule has 3 heteroatoms. The summed E-state index contributed by atoms with van der Waals surface area (Å²) in [6.45, 7) is 2.19. The third-order valence-electron chi connectivity index (χ3n) is 2.13. The molecule has 0 radical (unpaired) electrons. The van der Waals surface area contributed by atoms with E-state index in [1.54, 1.807) is 0 Å². The molecule has 0 aliphatic carbocycles. The molecule has 60 valence electrons. The van der Waals surface area contributed by atoms with Gasteiger partial charge in [0.15, 0.2) is 0 Å². The summed E-state index contributed by atoms with van der Waals surface area (Å²) in [6.07, 6.45) is 6.45. The lowest BCUT2D eigenvalue weighted by molar-refractivity contribution is 0.476. The van der Waals surface area contributed by atoms with Crippen molar-refractivity contribution in [3.8, 4) is 0 Å². The number of aromatic nitrogens is 2. The van der Waals surface area contributed by atoms with Gasteiger partial charge in [0.05, 0.1) is 6.54 Å². The lowest BCUT2D eigenvalue weighted by Crippen LogP contribution is -2.26. The third-order valence-corrected chi connectivity index (χ3v) is 2.13. The Morgan fingerprint density at radius 2 is 2.64 bits per heavy atom. The van der Waals surface area contributed by atoms with E-state index in [0.29, 0.717) is 6.04 Å². The van der Waals surface area contributed by atoms with E-state index in [1.807, 2.05) is 23.1 Å². The highest BCUT2D eigenvalue weighted by Crippen LogP contribution is 2.06. The standard InChI is InChI=1S/C8H13N3/c1-3-8(9-4-1)7-11-6-2-5-10-11/h2,5-6,8-9H,1,3-4,7H2. The lowest BCUT2D eigenvalue weighted by Gasteiger charge is -2.08. The van der Waals surface area contributed by atoms with Gasteiger partial charge in [-0.3, -0.25) is 4.68 Å². The molecule has 0 spiro atoms. The van der Waals surface area contributed by atoms with Crippen molar-refractivity contribution in [2.24, 2.45) is 0 Å². The van der Waals surface area contributed by atoms with Gasteiger partial charge in [-0.1, -0.05) is 0 Å². The predicted molar refractivity (Wildman–Crippen MR) is 43.3 cm³/mol. The first-order chi connectivity index (χ1) is 5.45. The van der Waals surface area contributed by atoms with Gasteiger partial charge in [-0.15, -0.1) is 0 Å². The summed E-state index contributed by atoms with van der Waals surface area (Å²) in [6, 6.07) is 2.62. The average molecular weight is 151 g/mol. The number of hydrogen-bond acceptors (Lipinski definition) is 2.